The summed E-state index contributed by atoms with van der Waals surface area (Å²) in [6.45, 7) is 5.12. The number of carbonyl (C=O) groups excluding carboxylic acids is 1. The largest absolute Gasteiger partial charge is 0.378 e. The minimum Gasteiger partial charge on any atom is -0.378 e. The summed E-state index contributed by atoms with van der Waals surface area (Å²) < 4.78 is 14.4. The summed E-state index contributed by atoms with van der Waals surface area (Å²) in [6, 6.07) is 3.36. The van der Waals surface area contributed by atoms with Crippen molar-refractivity contribution in [1.29, 1.82) is 0 Å². The molecule has 2 aliphatic rings. The molecule has 114 valence electrons. The predicted octanol–water partition coefficient (Wildman–Crippen LogP) is 2.83. The SMILES string of the molecule is CC(C)CCN(c1cc2c(cc1F)C(O)C(=O)N2)C1CC1. The van der Waals surface area contributed by atoms with Crippen molar-refractivity contribution in [3.05, 3.63) is 23.5 Å². The van der Waals surface area contributed by atoms with Crippen LogP contribution < -0.4 is 10.2 Å². The van der Waals surface area contributed by atoms with Crippen LogP contribution in [0.5, 0.6) is 0 Å². The van der Waals surface area contributed by atoms with Gasteiger partial charge in [-0.15, -0.1) is 0 Å². The molecule has 2 N–H and O–H groups in total. The molecule has 1 amide bonds. The van der Waals surface area contributed by atoms with Crippen molar-refractivity contribution in [3.63, 3.8) is 0 Å². The second-order valence-electron chi connectivity index (χ2n) is 6.39. The first-order valence-electron chi connectivity index (χ1n) is 7.56. The molecule has 0 radical (unpaired) electrons. The monoisotopic (exact) mass is 292 g/mol. The van der Waals surface area contributed by atoms with E-state index in [0.717, 1.165) is 25.8 Å². The Morgan fingerprint density at radius 2 is 2.14 bits per heavy atom. The minimum atomic E-state index is -1.26. The average molecular weight is 292 g/mol. The maximum absolute atomic E-state index is 14.4. The lowest BCUT2D eigenvalue weighted by Crippen LogP contribution is -2.28. The molecule has 0 saturated heterocycles. The van der Waals surface area contributed by atoms with Crippen LogP contribution in [0.2, 0.25) is 0 Å². The number of rotatable bonds is 5. The molecule has 1 aromatic carbocycles. The molecule has 1 unspecified atom stereocenters. The zero-order chi connectivity index (χ0) is 15.1. The lowest BCUT2D eigenvalue weighted by Gasteiger charge is -2.26. The highest BCUT2D eigenvalue weighted by Crippen LogP contribution is 2.39. The molecule has 1 aromatic rings. The van der Waals surface area contributed by atoms with E-state index in [-0.39, 0.29) is 5.82 Å². The molecular weight excluding hydrogens is 271 g/mol. The van der Waals surface area contributed by atoms with E-state index in [9.17, 15) is 14.3 Å². The number of nitrogens with one attached hydrogen (secondary N) is 1. The van der Waals surface area contributed by atoms with Crippen molar-refractivity contribution in [2.24, 2.45) is 5.92 Å². The van der Waals surface area contributed by atoms with Crippen LogP contribution in [0.25, 0.3) is 0 Å². The van der Waals surface area contributed by atoms with E-state index in [2.05, 4.69) is 24.1 Å². The lowest BCUT2D eigenvalue weighted by atomic mass is 10.1. The van der Waals surface area contributed by atoms with E-state index in [4.69, 9.17) is 0 Å². The Balaban J connectivity index is 1.90. The second-order valence-corrected chi connectivity index (χ2v) is 6.39. The van der Waals surface area contributed by atoms with Crippen LogP contribution in [-0.2, 0) is 4.79 Å². The summed E-state index contributed by atoms with van der Waals surface area (Å²) in [5, 5.41) is 12.3. The first-order valence-corrected chi connectivity index (χ1v) is 7.56. The lowest BCUT2D eigenvalue weighted by molar-refractivity contribution is -0.123. The van der Waals surface area contributed by atoms with Crippen LogP contribution in [0.4, 0.5) is 15.8 Å². The third kappa shape index (κ3) is 2.75. The Morgan fingerprint density at radius 3 is 2.76 bits per heavy atom. The number of aliphatic hydroxyl groups is 1. The normalized spacial score (nSPS) is 20.6. The molecule has 1 atom stereocenters. The van der Waals surface area contributed by atoms with Gasteiger partial charge in [0, 0.05) is 23.8 Å². The average Bonchev–Trinajstić information content (AvgIpc) is 3.21. The Hall–Kier alpha value is -1.62. The fourth-order valence-corrected chi connectivity index (χ4v) is 2.76. The highest BCUT2D eigenvalue weighted by atomic mass is 19.1. The molecule has 1 saturated carbocycles. The Labute approximate surface area is 124 Å². The summed E-state index contributed by atoms with van der Waals surface area (Å²) in [5.74, 6) is -0.285. The van der Waals surface area contributed by atoms with Gasteiger partial charge in [0.05, 0.1) is 5.69 Å². The summed E-state index contributed by atoms with van der Waals surface area (Å²) in [6.07, 6.45) is 1.92. The minimum absolute atomic E-state index is 0.334. The standard InChI is InChI=1S/C16H21FN2O2/c1-9(2)5-6-19(10-3-4-10)14-8-13-11(7-12(14)17)15(20)16(21)18-13/h7-10,15,20H,3-6H2,1-2H3,(H,18,21). The third-order valence-electron chi connectivity index (χ3n) is 4.16. The quantitative estimate of drug-likeness (QED) is 0.877. The van der Waals surface area contributed by atoms with Crippen molar-refractivity contribution in [2.75, 3.05) is 16.8 Å². The van der Waals surface area contributed by atoms with Gasteiger partial charge in [-0.2, -0.15) is 0 Å². The van der Waals surface area contributed by atoms with E-state index in [1.54, 1.807) is 6.07 Å². The van der Waals surface area contributed by atoms with Crippen molar-refractivity contribution in [1.82, 2.24) is 0 Å². The van der Waals surface area contributed by atoms with Gasteiger partial charge in [0.25, 0.3) is 5.91 Å². The molecule has 0 bridgehead atoms. The Bertz CT molecular complexity index is 570. The van der Waals surface area contributed by atoms with Crippen molar-refractivity contribution < 1.29 is 14.3 Å². The van der Waals surface area contributed by atoms with Gasteiger partial charge in [0.2, 0.25) is 0 Å². The van der Waals surface area contributed by atoms with Gasteiger partial charge < -0.3 is 15.3 Å². The van der Waals surface area contributed by atoms with Crippen LogP contribution >= 0.6 is 0 Å². The van der Waals surface area contributed by atoms with Crippen LogP contribution in [0.3, 0.4) is 0 Å². The van der Waals surface area contributed by atoms with E-state index in [0.29, 0.717) is 28.9 Å². The van der Waals surface area contributed by atoms with Crippen LogP contribution in [0, 0.1) is 11.7 Å². The first-order chi connectivity index (χ1) is 9.97. The number of hydrogen-bond acceptors (Lipinski definition) is 3. The molecular formula is C16H21FN2O2. The molecule has 1 aliphatic carbocycles. The summed E-state index contributed by atoms with van der Waals surface area (Å²) in [7, 11) is 0. The topological polar surface area (TPSA) is 52.6 Å². The Kier molecular flexibility index (Phi) is 3.61. The molecule has 1 heterocycles. The molecule has 5 heteroatoms. The van der Waals surface area contributed by atoms with Crippen LogP contribution in [0.15, 0.2) is 12.1 Å². The summed E-state index contributed by atoms with van der Waals surface area (Å²) >= 11 is 0. The van der Waals surface area contributed by atoms with Gasteiger partial charge in [-0.05, 0) is 37.3 Å². The van der Waals surface area contributed by atoms with Crippen molar-refractivity contribution in [3.8, 4) is 0 Å². The van der Waals surface area contributed by atoms with Crippen LogP contribution in [0.1, 0.15) is 44.8 Å². The third-order valence-corrected chi connectivity index (χ3v) is 4.16. The number of amides is 1. The van der Waals surface area contributed by atoms with E-state index in [1.165, 1.54) is 6.07 Å². The van der Waals surface area contributed by atoms with Gasteiger partial charge in [-0.1, -0.05) is 13.8 Å². The number of benzene rings is 1. The number of anilines is 2. The Morgan fingerprint density at radius 1 is 1.43 bits per heavy atom. The highest BCUT2D eigenvalue weighted by molar-refractivity contribution is 6.02. The smallest absolute Gasteiger partial charge is 0.257 e. The van der Waals surface area contributed by atoms with Gasteiger partial charge in [-0.25, -0.2) is 4.39 Å². The number of nitrogens with zero attached hydrogens (tertiary/aromatic N) is 1. The zero-order valence-electron chi connectivity index (χ0n) is 12.4. The molecule has 3 rings (SSSR count). The van der Waals surface area contributed by atoms with E-state index < -0.39 is 12.0 Å². The zero-order valence-corrected chi connectivity index (χ0v) is 12.4. The van der Waals surface area contributed by atoms with Gasteiger partial charge in [0.1, 0.15) is 5.82 Å². The van der Waals surface area contributed by atoms with E-state index >= 15 is 0 Å². The van der Waals surface area contributed by atoms with E-state index in [1.807, 2.05) is 0 Å². The van der Waals surface area contributed by atoms with Crippen molar-refractivity contribution >= 4 is 17.3 Å². The second kappa shape index (κ2) is 5.30. The van der Waals surface area contributed by atoms with Gasteiger partial charge in [-0.3, -0.25) is 4.79 Å². The number of aliphatic hydroxyl groups excluding tert-OH is 1. The predicted molar refractivity (Wildman–Crippen MR) is 79.8 cm³/mol. The summed E-state index contributed by atoms with van der Waals surface area (Å²) in [5.41, 5.74) is 1.39. The molecule has 0 aromatic heterocycles. The fourth-order valence-electron chi connectivity index (χ4n) is 2.76. The summed E-state index contributed by atoms with van der Waals surface area (Å²) in [4.78, 5) is 13.6. The van der Waals surface area contributed by atoms with Gasteiger partial charge in [0.15, 0.2) is 6.10 Å². The number of hydrogen-bond donors (Lipinski definition) is 2. The van der Waals surface area contributed by atoms with Gasteiger partial charge >= 0.3 is 0 Å². The first kappa shape index (κ1) is 14.3. The molecule has 1 fully saturated rings. The van der Waals surface area contributed by atoms with Crippen LogP contribution in [-0.4, -0.2) is 23.6 Å². The molecule has 21 heavy (non-hydrogen) atoms. The number of carbonyl (C=O) groups is 1. The molecule has 1 aliphatic heterocycles. The number of halogens is 1. The fraction of sp³-hybridized carbons (Fsp3) is 0.562. The maximum Gasteiger partial charge on any atom is 0.257 e. The van der Waals surface area contributed by atoms with Crippen molar-refractivity contribution in [2.45, 2.75) is 45.3 Å². The molecule has 4 nitrogen and oxygen atoms in total. The number of fused-ring (bicyclic) bond motifs is 1. The maximum atomic E-state index is 14.4. The molecule has 0 spiro atoms. The highest BCUT2D eigenvalue weighted by Gasteiger charge is 2.34.